The van der Waals surface area contributed by atoms with Crippen LogP contribution in [0.2, 0.25) is 0 Å². The van der Waals surface area contributed by atoms with E-state index in [1.807, 2.05) is 12.4 Å². The first kappa shape index (κ1) is 14.8. The number of methoxy groups -OCH3 is 1. The third kappa shape index (κ3) is 4.17. The van der Waals surface area contributed by atoms with Crippen LogP contribution in [0.3, 0.4) is 0 Å². The second kappa shape index (κ2) is 7.23. The fourth-order valence-corrected chi connectivity index (χ4v) is 3.03. The first-order valence-electron chi connectivity index (χ1n) is 8.17. The van der Waals surface area contributed by atoms with Crippen molar-refractivity contribution in [2.45, 2.75) is 44.1 Å². The van der Waals surface area contributed by atoms with Crippen LogP contribution < -0.4 is 10.1 Å². The van der Waals surface area contributed by atoms with Crippen LogP contribution in [0.1, 0.15) is 43.6 Å². The molecule has 2 heterocycles. The average molecular weight is 290 g/mol. The van der Waals surface area contributed by atoms with Gasteiger partial charge in [-0.25, -0.2) is 0 Å². The van der Waals surface area contributed by atoms with Crippen LogP contribution >= 0.6 is 0 Å². The Morgan fingerprint density at radius 1 is 1.33 bits per heavy atom. The van der Waals surface area contributed by atoms with Gasteiger partial charge in [-0.15, -0.1) is 0 Å². The molecule has 1 saturated carbocycles. The van der Waals surface area contributed by atoms with Gasteiger partial charge in [-0.05, 0) is 55.7 Å². The zero-order chi connectivity index (χ0) is 14.5. The molecule has 0 aromatic carbocycles. The van der Waals surface area contributed by atoms with Crippen LogP contribution in [0.25, 0.3) is 0 Å². The molecule has 4 heteroatoms. The van der Waals surface area contributed by atoms with E-state index in [-0.39, 0.29) is 0 Å². The van der Waals surface area contributed by atoms with Crippen molar-refractivity contribution in [2.75, 3.05) is 26.9 Å². The fraction of sp³-hybridized carbons (Fsp3) is 0.706. The van der Waals surface area contributed by atoms with Crippen molar-refractivity contribution in [3.63, 3.8) is 0 Å². The summed E-state index contributed by atoms with van der Waals surface area (Å²) >= 11 is 0. The molecule has 0 bridgehead atoms. The number of rotatable bonds is 9. The first-order valence-corrected chi connectivity index (χ1v) is 8.17. The van der Waals surface area contributed by atoms with Gasteiger partial charge >= 0.3 is 0 Å². The summed E-state index contributed by atoms with van der Waals surface area (Å²) in [6.45, 7) is 2.77. The summed E-state index contributed by atoms with van der Waals surface area (Å²) in [5.74, 6) is 2.46. The lowest BCUT2D eigenvalue weighted by molar-refractivity contribution is 0.191. The van der Waals surface area contributed by atoms with Crippen molar-refractivity contribution in [3.05, 3.63) is 24.0 Å². The Morgan fingerprint density at radius 2 is 2.24 bits per heavy atom. The molecule has 1 saturated heterocycles. The zero-order valence-electron chi connectivity index (χ0n) is 12.9. The van der Waals surface area contributed by atoms with Gasteiger partial charge in [0.15, 0.2) is 0 Å². The molecule has 1 N–H and O–H groups in total. The monoisotopic (exact) mass is 290 g/mol. The molecule has 0 amide bonds. The third-order valence-corrected chi connectivity index (χ3v) is 4.64. The summed E-state index contributed by atoms with van der Waals surface area (Å²) in [5, 5.41) is 3.35. The van der Waals surface area contributed by atoms with Crippen LogP contribution in [0, 0.1) is 5.92 Å². The van der Waals surface area contributed by atoms with Gasteiger partial charge in [0.05, 0.1) is 6.20 Å². The molecular weight excluding hydrogens is 264 g/mol. The molecule has 0 spiro atoms. The van der Waals surface area contributed by atoms with Gasteiger partial charge in [0.1, 0.15) is 12.4 Å². The lowest BCUT2D eigenvalue weighted by Gasteiger charge is -2.27. The van der Waals surface area contributed by atoms with Gasteiger partial charge in [0, 0.05) is 26.0 Å². The van der Waals surface area contributed by atoms with E-state index in [1.54, 1.807) is 7.11 Å². The normalized spacial score (nSPS) is 27.2. The minimum atomic E-state index is 0.531. The minimum absolute atomic E-state index is 0.531. The van der Waals surface area contributed by atoms with E-state index >= 15 is 0 Å². The zero-order valence-corrected chi connectivity index (χ0v) is 12.9. The Kier molecular flexibility index (Phi) is 5.09. The van der Waals surface area contributed by atoms with E-state index in [4.69, 9.17) is 9.47 Å². The summed E-state index contributed by atoms with van der Waals surface area (Å²) in [7, 11) is 1.77. The topological polar surface area (TPSA) is 43.4 Å². The maximum atomic E-state index is 5.84. The first-order chi connectivity index (χ1) is 10.4. The van der Waals surface area contributed by atoms with Crippen LogP contribution in [0.4, 0.5) is 0 Å². The van der Waals surface area contributed by atoms with Gasteiger partial charge in [-0.3, -0.25) is 4.98 Å². The maximum Gasteiger partial charge on any atom is 0.137 e. The number of ether oxygens (including phenoxy) is 2. The van der Waals surface area contributed by atoms with E-state index in [9.17, 15) is 0 Å². The molecule has 2 fully saturated rings. The van der Waals surface area contributed by atoms with Crippen molar-refractivity contribution in [3.8, 4) is 5.75 Å². The molecule has 116 valence electrons. The summed E-state index contributed by atoms with van der Waals surface area (Å²) in [4.78, 5) is 4.35. The Bertz CT molecular complexity index is 448. The lowest BCUT2D eigenvalue weighted by Crippen LogP contribution is -2.46. The van der Waals surface area contributed by atoms with E-state index in [0.717, 1.165) is 31.4 Å². The van der Waals surface area contributed by atoms with Crippen LogP contribution in [0.15, 0.2) is 18.5 Å². The molecule has 2 aliphatic rings. The van der Waals surface area contributed by atoms with Gasteiger partial charge in [0.2, 0.25) is 0 Å². The van der Waals surface area contributed by atoms with Gasteiger partial charge in [-0.2, -0.15) is 0 Å². The average Bonchev–Trinajstić information content (AvgIpc) is 3.22. The molecule has 3 atom stereocenters. The van der Waals surface area contributed by atoms with E-state index in [1.165, 1.54) is 37.7 Å². The number of aromatic nitrogens is 1. The van der Waals surface area contributed by atoms with Crippen molar-refractivity contribution in [1.82, 2.24) is 10.3 Å². The number of pyridine rings is 1. The van der Waals surface area contributed by atoms with Crippen molar-refractivity contribution < 1.29 is 9.47 Å². The molecule has 0 unspecified atom stereocenters. The molecule has 0 radical (unpaired) electrons. The van der Waals surface area contributed by atoms with Crippen molar-refractivity contribution >= 4 is 0 Å². The van der Waals surface area contributed by atoms with Crippen LogP contribution in [0.5, 0.6) is 5.75 Å². The molecule has 1 aromatic heterocycles. The number of nitrogens with zero attached hydrogens (tertiary/aromatic N) is 1. The van der Waals surface area contributed by atoms with Crippen molar-refractivity contribution in [1.29, 1.82) is 0 Å². The number of unbranched alkanes of at least 4 members (excludes halogenated alkanes) is 1. The Labute approximate surface area is 127 Å². The fourth-order valence-electron chi connectivity index (χ4n) is 3.03. The Hall–Kier alpha value is -1.13. The quantitative estimate of drug-likeness (QED) is 0.710. The minimum Gasteiger partial charge on any atom is -0.490 e. The van der Waals surface area contributed by atoms with Gasteiger partial charge in [-0.1, -0.05) is 6.42 Å². The smallest absolute Gasteiger partial charge is 0.137 e. The van der Waals surface area contributed by atoms with Crippen molar-refractivity contribution in [2.24, 2.45) is 5.92 Å². The summed E-state index contributed by atoms with van der Waals surface area (Å²) in [6.07, 6.45) is 10.1. The SMILES string of the molecule is COCCCC[C@H]1C[C@@H]1c1cncc(OC[C@@H]2CCN2)c1. The standard InChI is InChI=1S/C17H26N2O2/c1-20-7-3-2-4-13-9-17(13)14-8-16(11-18-10-14)21-12-15-5-6-19-15/h8,10-11,13,15,17,19H,2-7,9,12H2,1H3/t13-,15-,17-/m0/s1. The highest BCUT2D eigenvalue weighted by Gasteiger charge is 2.37. The number of nitrogens with one attached hydrogen (secondary N) is 1. The van der Waals surface area contributed by atoms with Crippen LogP contribution in [-0.4, -0.2) is 37.9 Å². The predicted molar refractivity (Wildman–Crippen MR) is 82.7 cm³/mol. The molecule has 1 aliphatic heterocycles. The number of hydrogen-bond acceptors (Lipinski definition) is 4. The van der Waals surface area contributed by atoms with E-state index in [0.29, 0.717) is 12.0 Å². The Morgan fingerprint density at radius 3 is 3.00 bits per heavy atom. The van der Waals surface area contributed by atoms with E-state index < -0.39 is 0 Å². The Balaban J connectivity index is 1.43. The molecular formula is C17H26N2O2. The molecule has 1 aromatic rings. The molecule has 3 rings (SSSR count). The molecule has 1 aliphatic carbocycles. The van der Waals surface area contributed by atoms with Crippen LogP contribution in [-0.2, 0) is 4.74 Å². The highest BCUT2D eigenvalue weighted by molar-refractivity contribution is 5.30. The van der Waals surface area contributed by atoms with E-state index in [2.05, 4.69) is 16.4 Å². The highest BCUT2D eigenvalue weighted by Crippen LogP contribution is 2.50. The van der Waals surface area contributed by atoms with Gasteiger partial charge < -0.3 is 14.8 Å². The highest BCUT2D eigenvalue weighted by atomic mass is 16.5. The number of hydrogen-bond donors (Lipinski definition) is 1. The molecule has 21 heavy (non-hydrogen) atoms. The third-order valence-electron chi connectivity index (χ3n) is 4.64. The summed E-state index contributed by atoms with van der Waals surface area (Å²) < 4.78 is 10.9. The van der Waals surface area contributed by atoms with Gasteiger partial charge in [0.25, 0.3) is 0 Å². The second-order valence-electron chi connectivity index (χ2n) is 6.30. The molecule has 4 nitrogen and oxygen atoms in total. The second-order valence-corrected chi connectivity index (χ2v) is 6.30. The maximum absolute atomic E-state index is 5.84. The summed E-state index contributed by atoms with van der Waals surface area (Å²) in [5.41, 5.74) is 1.35. The predicted octanol–water partition coefficient (Wildman–Crippen LogP) is 2.74. The lowest BCUT2D eigenvalue weighted by atomic mass is 10.1. The summed E-state index contributed by atoms with van der Waals surface area (Å²) in [6, 6.07) is 2.72. The largest absolute Gasteiger partial charge is 0.490 e.